The smallest absolute Gasteiger partial charge is 0.196 e. The minimum Gasteiger partial charge on any atom is -0.438 e. The molecule has 0 radical (unpaired) electrons. The summed E-state index contributed by atoms with van der Waals surface area (Å²) in [7, 11) is 1.83. The van der Waals surface area contributed by atoms with Crippen LogP contribution in [-0.2, 0) is 4.74 Å². The summed E-state index contributed by atoms with van der Waals surface area (Å²) in [6.45, 7) is 1.65. The van der Waals surface area contributed by atoms with Gasteiger partial charge in [0.1, 0.15) is 0 Å². The van der Waals surface area contributed by atoms with E-state index in [2.05, 4.69) is 0 Å². The van der Waals surface area contributed by atoms with E-state index in [1.165, 1.54) is 0 Å². The van der Waals surface area contributed by atoms with E-state index < -0.39 is 5.60 Å². The van der Waals surface area contributed by atoms with Crippen LogP contribution in [0.2, 0.25) is 0 Å². The zero-order valence-electron chi connectivity index (χ0n) is 9.89. The van der Waals surface area contributed by atoms with Gasteiger partial charge in [-0.05, 0) is 6.07 Å². The summed E-state index contributed by atoms with van der Waals surface area (Å²) in [5.74, 6) is 0.887. The van der Waals surface area contributed by atoms with E-state index in [1.807, 2.05) is 11.9 Å². The van der Waals surface area contributed by atoms with Gasteiger partial charge in [0.2, 0.25) is 0 Å². The van der Waals surface area contributed by atoms with Gasteiger partial charge in [-0.1, -0.05) is 0 Å². The van der Waals surface area contributed by atoms with Crippen LogP contribution >= 0.6 is 0 Å². The predicted molar refractivity (Wildman–Crippen MR) is 62.4 cm³/mol. The molecule has 0 bridgehead atoms. The summed E-state index contributed by atoms with van der Waals surface area (Å²) >= 11 is 0. The maximum Gasteiger partial charge on any atom is 0.196 e. The second kappa shape index (κ2) is 4.89. The van der Waals surface area contributed by atoms with Crippen LogP contribution in [-0.4, -0.2) is 43.8 Å². The summed E-state index contributed by atoms with van der Waals surface area (Å²) in [5, 5.41) is 10.3. The Bertz CT molecular complexity index is 382. The number of anilines is 1. The average molecular weight is 239 g/mol. The molecule has 1 aliphatic rings. The second-order valence-electron chi connectivity index (χ2n) is 4.49. The Morgan fingerprint density at radius 1 is 1.47 bits per heavy atom. The average Bonchev–Trinajstić information content (AvgIpc) is 2.78. The predicted octanol–water partition coefficient (Wildman–Crippen LogP) is 1.07. The molecule has 5 nitrogen and oxygen atoms in total. The molecule has 1 saturated heterocycles. The highest BCUT2D eigenvalue weighted by Crippen LogP contribution is 2.24. The van der Waals surface area contributed by atoms with E-state index in [9.17, 15) is 9.90 Å². The summed E-state index contributed by atoms with van der Waals surface area (Å²) in [6, 6.07) is 3.35. The number of hydrogen-bond donors (Lipinski definition) is 1. The highest BCUT2D eigenvalue weighted by atomic mass is 16.5. The molecule has 1 N–H and O–H groups in total. The maximum absolute atomic E-state index is 10.5. The third-order valence-electron chi connectivity index (χ3n) is 3.06. The van der Waals surface area contributed by atoms with Gasteiger partial charge >= 0.3 is 0 Å². The van der Waals surface area contributed by atoms with Gasteiger partial charge in [0.05, 0.1) is 5.60 Å². The van der Waals surface area contributed by atoms with Gasteiger partial charge in [-0.2, -0.15) is 0 Å². The van der Waals surface area contributed by atoms with Gasteiger partial charge in [0.25, 0.3) is 0 Å². The van der Waals surface area contributed by atoms with Crippen LogP contribution in [0.25, 0.3) is 0 Å². The minimum atomic E-state index is -0.735. The van der Waals surface area contributed by atoms with Crippen molar-refractivity contribution in [2.75, 3.05) is 31.7 Å². The normalized spacial score (nSPS) is 18.9. The Kier molecular flexibility index (Phi) is 3.49. The molecule has 94 valence electrons. The third kappa shape index (κ3) is 2.87. The number of rotatable bonds is 4. The van der Waals surface area contributed by atoms with Crippen molar-refractivity contribution in [1.82, 2.24) is 0 Å². The van der Waals surface area contributed by atoms with E-state index in [-0.39, 0.29) is 0 Å². The summed E-state index contributed by atoms with van der Waals surface area (Å²) < 4.78 is 10.5. The van der Waals surface area contributed by atoms with E-state index in [0.717, 1.165) is 0 Å². The third-order valence-corrected chi connectivity index (χ3v) is 3.06. The quantitative estimate of drug-likeness (QED) is 0.796. The molecule has 0 unspecified atom stereocenters. The molecule has 2 heterocycles. The lowest BCUT2D eigenvalue weighted by Crippen LogP contribution is -2.45. The number of carbonyl (C=O) groups excluding carboxylic acids is 1. The largest absolute Gasteiger partial charge is 0.438 e. The lowest BCUT2D eigenvalue weighted by atomic mass is 9.94. The van der Waals surface area contributed by atoms with Crippen LogP contribution in [0.3, 0.4) is 0 Å². The van der Waals surface area contributed by atoms with Crippen molar-refractivity contribution in [2.45, 2.75) is 18.4 Å². The van der Waals surface area contributed by atoms with Gasteiger partial charge in [-0.15, -0.1) is 0 Å². The van der Waals surface area contributed by atoms with Crippen molar-refractivity contribution < 1.29 is 19.1 Å². The molecule has 0 saturated carbocycles. The summed E-state index contributed by atoms with van der Waals surface area (Å²) in [4.78, 5) is 12.3. The summed E-state index contributed by atoms with van der Waals surface area (Å²) in [5.41, 5.74) is -0.735. The van der Waals surface area contributed by atoms with Crippen LogP contribution in [0.4, 0.5) is 5.88 Å². The van der Waals surface area contributed by atoms with Gasteiger partial charge in [-0.25, -0.2) is 0 Å². The molecular weight excluding hydrogens is 222 g/mol. The fourth-order valence-corrected chi connectivity index (χ4v) is 2.04. The van der Waals surface area contributed by atoms with Gasteiger partial charge in [-0.3, -0.25) is 4.79 Å². The number of nitrogens with zero attached hydrogens (tertiary/aromatic N) is 1. The first-order valence-corrected chi connectivity index (χ1v) is 5.69. The Balaban J connectivity index is 2.00. The Morgan fingerprint density at radius 2 is 2.18 bits per heavy atom. The molecule has 0 amide bonds. The molecule has 0 atom stereocenters. The topological polar surface area (TPSA) is 62.9 Å². The molecule has 0 aromatic carbocycles. The Hall–Kier alpha value is -1.33. The van der Waals surface area contributed by atoms with Crippen molar-refractivity contribution in [1.29, 1.82) is 0 Å². The van der Waals surface area contributed by atoms with E-state index in [1.54, 1.807) is 12.1 Å². The second-order valence-corrected chi connectivity index (χ2v) is 4.49. The van der Waals surface area contributed by atoms with Crippen molar-refractivity contribution in [3.05, 3.63) is 17.9 Å². The van der Waals surface area contributed by atoms with Crippen LogP contribution in [0, 0.1) is 0 Å². The highest BCUT2D eigenvalue weighted by molar-refractivity contribution is 5.71. The lowest BCUT2D eigenvalue weighted by molar-refractivity contribution is -0.0575. The highest BCUT2D eigenvalue weighted by Gasteiger charge is 2.31. The van der Waals surface area contributed by atoms with Crippen molar-refractivity contribution in [3.63, 3.8) is 0 Å². The molecule has 1 aromatic rings. The van der Waals surface area contributed by atoms with Crippen molar-refractivity contribution in [3.8, 4) is 0 Å². The first-order valence-electron chi connectivity index (χ1n) is 5.69. The van der Waals surface area contributed by atoms with Crippen LogP contribution in [0.1, 0.15) is 23.4 Å². The van der Waals surface area contributed by atoms with Gasteiger partial charge < -0.3 is 19.2 Å². The fraction of sp³-hybridized carbons (Fsp3) is 0.583. The monoisotopic (exact) mass is 239 g/mol. The lowest BCUT2D eigenvalue weighted by Gasteiger charge is -2.35. The number of carbonyl (C=O) groups is 1. The molecule has 1 aromatic heterocycles. The number of aldehydes is 1. The standard InChI is InChI=1S/C12H17NO4/c1-13(11-3-2-10(8-14)17-11)9-12(15)4-6-16-7-5-12/h2-3,8,15H,4-7,9H2,1H3. The number of hydrogen-bond acceptors (Lipinski definition) is 5. The number of aliphatic hydroxyl groups is 1. The Morgan fingerprint density at radius 3 is 2.76 bits per heavy atom. The van der Waals surface area contributed by atoms with Crippen molar-refractivity contribution in [2.24, 2.45) is 0 Å². The molecular formula is C12H17NO4. The van der Waals surface area contributed by atoms with E-state index in [4.69, 9.17) is 9.15 Å². The zero-order chi connectivity index (χ0) is 12.3. The molecule has 2 rings (SSSR count). The van der Waals surface area contributed by atoms with Crippen LogP contribution in [0.15, 0.2) is 16.5 Å². The maximum atomic E-state index is 10.5. The van der Waals surface area contributed by atoms with E-state index in [0.29, 0.717) is 50.5 Å². The number of furan rings is 1. The zero-order valence-corrected chi connectivity index (χ0v) is 9.89. The van der Waals surface area contributed by atoms with Gasteiger partial charge in [0, 0.05) is 45.7 Å². The summed E-state index contributed by atoms with van der Waals surface area (Å²) in [6.07, 6.45) is 1.91. The minimum absolute atomic E-state index is 0.297. The van der Waals surface area contributed by atoms with Gasteiger partial charge in [0.15, 0.2) is 17.9 Å². The van der Waals surface area contributed by atoms with Crippen LogP contribution < -0.4 is 4.90 Å². The Labute approximate surface area is 100.0 Å². The molecule has 1 fully saturated rings. The van der Waals surface area contributed by atoms with Crippen LogP contribution in [0.5, 0.6) is 0 Å². The molecule has 0 spiro atoms. The molecule has 5 heteroatoms. The molecule has 1 aliphatic heterocycles. The number of likely N-dealkylation sites (N-methyl/N-ethyl adjacent to an activating group) is 1. The SMILES string of the molecule is CN(CC1(O)CCOCC1)c1ccc(C=O)o1. The molecule has 0 aliphatic carbocycles. The van der Waals surface area contributed by atoms with Crippen molar-refractivity contribution >= 4 is 12.2 Å². The number of ether oxygens (including phenoxy) is 1. The first kappa shape index (κ1) is 12.1. The van der Waals surface area contributed by atoms with E-state index >= 15 is 0 Å². The molecule has 17 heavy (non-hydrogen) atoms. The fourth-order valence-electron chi connectivity index (χ4n) is 2.04. The first-order chi connectivity index (χ1) is 8.13.